The van der Waals surface area contributed by atoms with Gasteiger partial charge in [-0.3, -0.25) is 14.5 Å². The van der Waals surface area contributed by atoms with Crippen molar-refractivity contribution >= 4 is 11.9 Å². The molecule has 1 amide bonds. The highest BCUT2D eigenvalue weighted by molar-refractivity contribution is 5.94. The smallest absolute Gasteiger partial charge is 0.311 e. The third-order valence-electron chi connectivity index (χ3n) is 5.35. The van der Waals surface area contributed by atoms with Crippen LogP contribution in [0.4, 0.5) is 0 Å². The molecular weight excluding hydrogens is 292 g/mol. The minimum absolute atomic E-state index is 0.00727. The van der Waals surface area contributed by atoms with E-state index in [-0.39, 0.29) is 11.8 Å². The fraction of sp³-hybridized carbons (Fsp3) is 0.556. The third-order valence-corrected chi connectivity index (χ3v) is 5.35. The number of amides is 1. The third kappa shape index (κ3) is 2.85. The van der Waals surface area contributed by atoms with E-state index >= 15 is 0 Å². The Bertz CT molecular complexity index is 628. The Kier molecular flexibility index (Phi) is 4.15. The quantitative estimate of drug-likeness (QED) is 0.924. The molecule has 0 unspecified atom stereocenters. The van der Waals surface area contributed by atoms with E-state index in [2.05, 4.69) is 4.90 Å². The molecule has 2 aliphatic rings. The summed E-state index contributed by atoms with van der Waals surface area (Å²) in [6.07, 6.45) is 2.84. The van der Waals surface area contributed by atoms with Gasteiger partial charge >= 0.3 is 5.97 Å². The Labute approximate surface area is 136 Å². The molecule has 1 saturated heterocycles. The minimum Gasteiger partial charge on any atom is -0.481 e. The summed E-state index contributed by atoms with van der Waals surface area (Å²) in [6, 6.07) is 7.65. The Morgan fingerprint density at radius 3 is 2.83 bits per heavy atom. The van der Waals surface area contributed by atoms with Gasteiger partial charge in [-0.1, -0.05) is 18.6 Å². The highest BCUT2D eigenvalue weighted by atomic mass is 16.4. The van der Waals surface area contributed by atoms with E-state index in [0.29, 0.717) is 18.7 Å². The zero-order valence-corrected chi connectivity index (χ0v) is 13.8. The number of carbonyl (C=O) groups excluding carboxylic acids is 1. The van der Waals surface area contributed by atoms with Gasteiger partial charge in [-0.15, -0.1) is 0 Å². The molecule has 1 saturated carbocycles. The fourth-order valence-electron chi connectivity index (χ4n) is 4.18. The molecule has 0 aromatic heterocycles. The molecular formula is C18H24N2O3. The lowest BCUT2D eigenvalue weighted by molar-refractivity contribution is -0.149. The van der Waals surface area contributed by atoms with Crippen LogP contribution in [0.1, 0.15) is 35.2 Å². The van der Waals surface area contributed by atoms with Crippen LogP contribution in [0.5, 0.6) is 0 Å². The van der Waals surface area contributed by atoms with E-state index in [1.807, 2.05) is 24.3 Å². The molecule has 1 aromatic rings. The Hall–Kier alpha value is -1.88. The second-order valence-corrected chi connectivity index (χ2v) is 7.12. The van der Waals surface area contributed by atoms with Crippen LogP contribution in [-0.2, 0) is 11.3 Å². The summed E-state index contributed by atoms with van der Waals surface area (Å²) in [5.41, 5.74) is 1.20. The van der Waals surface area contributed by atoms with Gasteiger partial charge < -0.3 is 10.0 Å². The second kappa shape index (κ2) is 5.96. The summed E-state index contributed by atoms with van der Waals surface area (Å²) in [5, 5.41) is 9.66. The van der Waals surface area contributed by atoms with Crippen molar-refractivity contribution < 1.29 is 14.7 Å². The summed E-state index contributed by atoms with van der Waals surface area (Å²) in [6.45, 7) is 2.18. The number of likely N-dealkylation sites (tertiary alicyclic amines) is 1. The van der Waals surface area contributed by atoms with E-state index in [0.717, 1.165) is 31.4 Å². The molecule has 0 bridgehead atoms. The lowest BCUT2D eigenvalue weighted by Crippen LogP contribution is -2.35. The number of aliphatic carboxylic acids is 1. The normalized spacial score (nSPS) is 27.0. The standard InChI is InChI=1S/C18H24N2O3/c1-19(2)16(21)14-6-3-5-13(9-14)10-20-11-15-7-4-8-18(15,12-20)17(22)23/h3,5-6,9,15H,4,7-8,10-12H2,1-2H3,(H,22,23)/t15-,18+/m0/s1. The van der Waals surface area contributed by atoms with Crippen LogP contribution in [0.2, 0.25) is 0 Å². The van der Waals surface area contributed by atoms with Crippen LogP contribution < -0.4 is 0 Å². The number of carboxylic acid groups (broad SMARTS) is 1. The number of hydrogen-bond acceptors (Lipinski definition) is 3. The molecule has 2 atom stereocenters. The number of benzene rings is 1. The SMILES string of the molecule is CN(C)C(=O)c1cccc(CN2C[C@@H]3CCC[C@@]3(C(=O)O)C2)c1. The fourth-order valence-corrected chi connectivity index (χ4v) is 4.18. The van der Waals surface area contributed by atoms with E-state index in [1.54, 1.807) is 19.0 Å². The molecule has 1 aliphatic carbocycles. The molecule has 23 heavy (non-hydrogen) atoms. The zero-order chi connectivity index (χ0) is 16.6. The predicted molar refractivity (Wildman–Crippen MR) is 87.1 cm³/mol. The molecule has 1 aliphatic heterocycles. The van der Waals surface area contributed by atoms with Crippen molar-refractivity contribution in [1.82, 2.24) is 9.80 Å². The molecule has 0 spiro atoms. The Balaban J connectivity index is 1.73. The first kappa shape index (κ1) is 16.0. The van der Waals surface area contributed by atoms with Gasteiger partial charge in [0.05, 0.1) is 5.41 Å². The van der Waals surface area contributed by atoms with Crippen molar-refractivity contribution in [3.8, 4) is 0 Å². The average Bonchev–Trinajstić information content (AvgIpc) is 3.04. The zero-order valence-electron chi connectivity index (χ0n) is 13.8. The largest absolute Gasteiger partial charge is 0.481 e. The van der Waals surface area contributed by atoms with Gasteiger partial charge in [0.15, 0.2) is 0 Å². The number of hydrogen-bond donors (Lipinski definition) is 1. The van der Waals surface area contributed by atoms with Crippen LogP contribution in [0.3, 0.4) is 0 Å². The first-order valence-electron chi connectivity index (χ1n) is 8.19. The molecule has 3 rings (SSSR count). The van der Waals surface area contributed by atoms with Crippen molar-refractivity contribution in [2.75, 3.05) is 27.2 Å². The van der Waals surface area contributed by atoms with Crippen LogP contribution in [0, 0.1) is 11.3 Å². The number of rotatable bonds is 4. The monoisotopic (exact) mass is 316 g/mol. The predicted octanol–water partition coefficient (Wildman–Crippen LogP) is 2.08. The Morgan fingerprint density at radius 1 is 1.39 bits per heavy atom. The van der Waals surface area contributed by atoms with Gasteiger partial charge in [0.25, 0.3) is 5.91 Å². The molecule has 1 aromatic carbocycles. The van der Waals surface area contributed by atoms with Crippen LogP contribution >= 0.6 is 0 Å². The van der Waals surface area contributed by atoms with Crippen LogP contribution in [0.15, 0.2) is 24.3 Å². The average molecular weight is 316 g/mol. The lowest BCUT2D eigenvalue weighted by atomic mass is 9.81. The summed E-state index contributed by atoms with van der Waals surface area (Å²) >= 11 is 0. The second-order valence-electron chi connectivity index (χ2n) is 7.12. The number of fused-ring (bicyclic) bond motifs is 1. The highest BCUT2D eigenvalue weighted by Gasteiger charge is 2.54. The van der Waals surface area contributed by atoms with Gasteiger partial charge in [0.1, 0.15) is 0 Å². The molecule has 1 N–H and O–H groups in total. The van der Waals surface area contributed by atoms with Gasteiger partial charge in [-0.2, -0.15) is 0 Å². The summed E-state index contributed by atoms with van der Waals surface area (Å²) in [4.78, 5) is 27.6. The minimum atomic E-state index is -0.640. The van der Waals surface area contributed by atoms with Gasteiger partial charge in [-0.25, -0.2) is 0 Å². The van der Waals surface area contributed by atoms with Gasteiger partial charge in [0, 0.05) is 39.3 Å². The number of carboxylic acids is 1. The molecule has 1 heterocycles. The topological polar surface area (TPSA) is 60.9 Å². The number of carbonyl (C=O) groups is 2. The molecule has 0 radical (unpaired) electrons. The van der Waals surface area contributed by atoms with Crippen LogP contribution in [0.25, 0.3) is 0 Å². The first-order chi connectivity index (χ1) is 10.9. The lowest BCUT2D eigenvalue weighted by Gasteiger charge is -2.23. The van der Waals surface area contributed by atoms with Crippen molar-refractivity contribution in [3.05, 3.63) is 35.4 Å². The Morgan fingerprint density at radius 2 is 2.17 bits per heavy atom. The van der Waals surface area contributed by atoms with E-state index < -0.39 is 11.4 Å². The highest BCUT2D eigenvalue weighted by Crippen LogP contribution is 2.49. The molecule has 124 valence electrons. The van der Waals surface area contributed by atoms with Crippen molar-refractivity contribution in [1.29, 1.82) is 0 Å². The van der Waals surface area contributed by atoms with Crippen molar-refractivity contribution in [3.63, 3.8) is 0 Å². The van der Waals surface area contributed by atoms with Gasteiger partial charge in [0.2, 0.25) is 0 Å². The van der Waals surface area contributed by atoms with Gasteiger partial charge in [-0.05, 0) is 36.5 Å². The summed E-state index contributed by atoms with van der Waals surface area (Å²) < 4.78 is 0. The molecule has 5 heteroatoms. The number of nitrogens with zero attached hydrogens (tertiary/aromatic N) is 2. The summed E-state index contributed by atoms with van der Waals surface area (Å²) in [7, 11) is 3.49. The van der Waals surface area contributed by atoms with E-state index in [4.69, 9.17) is 0 Å². The van der Waals surface area contributed by atoms with Crippen LogP contribution in [-0.4, -0.2) is 54.0 Å². The maximum absolute atomic E-state index is 12.1. The molecule has 2 fully saturated rings. The van der Waals surface area contributed by atoms with E-state index in [9.17, 15) is 14.7 Å². The first-order valence-corrected chi connectivity index (χ1v) is 8.19. The van der Waals surface area contributed by atoms with Crippen molar-refractivity contribution in [2.24, 2.45) is 11.3 Å². The van der Waals surface area contributed by atoms with E-state index in [1.165, 1.54) is 0 Å². The van der Waals surface area contributed by atoms with Crippen molar-refractivity contribution in [2.45, 2.75) is 25.8 Å². The maximum atomic E-state index is 12.1. The maximum Gasteiger partial charge on any atom is 0.311 e. The molecule has 5 nitrogen and oxygen atoms in total. The summed E-state index contributed by atoms with van der Waals surface area (Å²) in [5.74, 6) is -0.377.